The van der Waals surface area contributed by atoms with Gasteiger partial charge >= 0.3 is 5.97 Å². The number of morpholine rings is 1. The molecule has 0 N–H and O–H groups in total. The fraction of sp³-hybridized carbons (Fsp3) is 0.300. The minimum absolute atomic E-state index is 0.117. The number of nitrogens with zero attached hydrogens (tertiary/aromatic N) is 1. The average Bonchev–Trinajstić information content (AvgIpc) is 2.67. The average molecular weight is 357 g/mol. The van der Waals surface area contributed by atoms with Crippen LogP contribution in [0.5, 0.6) is 0 Å². The summed E-state index contributed by atoms with van der Waals surface area (Å²) in [7, 11) is 1.31. The van der Waals surface area contributed by atoms with Crippen molar-refractivity contribution in [3.63, 3.8) is 0 Å². The molecule has 3 rings (SSSR count). The van der Waals surface area contributed by atoms with Crippen LogP contribution in [-0.4, -0.2) is 49.7 Å². The van der Waals surface area contributed by atoms with Gasteiger partial charge in [0.15, 0.2) is 0 Å². The molecule has 0 unspecified atom stereocenters. The van der Waals surface area contributed by atoms with Gasteiger partial charge in [-0.05, 0) is 42.0 Å². The number of benzene rings is 2. The Hall–Kier alpha value is -2.73. The second kappa shape index (κ2) is 8.10. The lowest BCUT2D eigenvalue weighted by Gasteiger charge is -2.33. The van der Waals surface area contributed by atoms with Crippen molar-refractivity contribution >= 4 is 11.9 Å². The van der Waals surface area contributed by atoms with Gasteiger partial charge in [0.2, 0.25) is 0 Å². The molecule has 1 fully saturated rings. The summed E-state index contributed by atoms with van der Waals surface area (Å²) in [6.07, 6.45) is 0.367. The predicted octanol–water partition coefficient (Wildman–Crippen LogP) is 2.70. The first-order valence-corrected chi connectivity index (χ1v) is 8.40. The van der Waals surface area contributed by atoms with Gasteiger partial charge in [-0.3, -0.25) is 4.79 Å². The topological polar surface area (TPSA) is 55.8 Å². The number of ether oxygens (including phenoxy) is 2. The normalized spacial score (nSPS) is 17.0. The van der Waals surface area contributed by atoms with E-state index in [2.05, 4.69) is 4.74 Å². The Kier molecular flexibility index (Phi) is 5.63. The van der Waals surface area contributed by atoms with Crippen LogP contribution in [0.4, 0.5) is 4.39 Å². The largest absolute Gasteiger partial charge is 0.465 e. The third-order valence-electron chi connectivity index (χ3n) is 4.33. The van der Waals surface area contributed by atoms with Crippen molar-refractivity contribution in [3.05, 3.63) is 71.0 Å². The molecule has 1 aliphatic heterocycles. The lowest BCUT2D eigenvalue weighted by atomic mass is 10.1. The molecule has 1 amide bonds. The van der Waals surface area contributed by atoms with Crippen LogP contribution in [0.25, 0.3) is 0 Å². The van der Waals surface area contributed by atoms with E-state index in [1.165, 1.54) is 19.2 Å². The summed E-state index contributed by atoms with van der Waals surface area (Å²) in [5, 5.41) is 0. The summed E-state index contributed by atoms with van der Waals surface area (Å²) in [6.45, 7) is 1.37. The summed E-state index contributed by atoms with van der Waals surface area (Å²) < 4.78 is 23.7. The maximum absolute atomic E-state index is 13.3. The lowest BCUT2D eigenvalue weighted by Crippen LogP contribution is -2.46. The maximum Gasteiger partial charge on any atom is 0.337 e. The SMILES string of the molecule is COC(=O)c1ccc(C(=O)N2CCO[C@@H](Cc3cccc(F)c3)C2)cc1. The Balaban J connectivity index is 1.65. The Bertz CT molecular complexity index is 791. The van der Waals surface area contributed by atoms with E-state index in [-0.39, 0.29) is 17.8 Å². The Labute approximate surface area is 151 Å². The van der Waals surface area contributed by atoms with Crippen LogP contribution in [-0.2, 0) is 15.9 Å². The van der Waals surface area contributed by atoms with Gasteiger partial charge in [-0.2, -0.15) is 0 Å². The molecule has 1 heterocycles. The predicted molar refractivity (Wildman–Crippen MR) is 93.5 cm³/mol. The molecule has 0 spiro atoms. The molecule has 1 saturated heterocycles. The minimum atomic E-state index is -0.439. The molecular weight excluding hydrogens is 337 g/mol. The number of amides is 1. The van der Waals surface area contributed by atoms with Crippen molar-refractivity contribution in [2.24, 2.45) is 0 Å². The Morgan fingerprint density at radius 2 is 1.92 bits per heavy atom. The number of halogens is 1. The first-order valence-electron chi connectivity index (χ1n) is 8.40. The third kappa shape index (κ3) is 4.26. The van der Waals surface area contributed by atoms with Crippen molar-refractivity contribution in [2.75, 3.05) is 26.8 Å². The van der Waals surface area contributed by atoms with E-state index in [9.17, 15) is 14.0 Å². The number of rotatable bonds is 4. The highest BCUT2D eigenvalue weighted by Gasteiger charge is 2.25. The molecule has 2 aromatic rings. The number of hydrogen-bond donors (Lipinski definition) is 0. The van der Waals surface area contributed by atoms with Crippen LogP contribution < -0.4 is 0 Å². The highest BCUT2D eigenvalue weighted by Crippen LogP contribution is 2.16. The maximum atomic E-state index is 13.3. The standard InChI is InChI=1S/C20H20FNO4/c1-25-20(24)16-7-5-15(6-8-16)19(23)22-9-10-26-18(13-22)12-14-3-2-4-17(21)11-14/h2-8,11,18H,9-10,12-13H2,1H3/t18-/m0/s1. The molecule has 1 aliphatic rings. The summed E-state index contributed by atoms with van der Waals surface area (Å²) in [5.41, 5.74) is 1.74. The first kappa shape index (κ1) is 18.1. The van der Waals surface area contributed by atoms with E-state index in [1.54, 1.807) is 35.2 Å². The summed E-state index contributed by atoms with van der Waals surface area (Å²) >= 11 is 0. The quantitative estimate of drug-likeness (QED) is 0.790. The van der Waals surface area contributed by atoms with E-state index in [4.69, 9.17) is 4.74 Å². The van der Waals surface area contributed by atoms with Crippen molar-refractivity contribution in [1.82, 2.24) is 4.90 Å². The number of carbonyl (C=O) groups is 2. The number of hydrogen-bond acceptors (Lipinski definition) is 4. The van der Waals surface area contributed by atoms with E-state index in [1.807, 2.05) is 6.07 Å². The summed E-state index contributed by atoms with van der Waals surface area (Å²) in [4.78, 5) is 25.9. The van der Waals surface area contributed by atoms with Crippen LogP contribution in [0.3, 0.4) is 0 Å². The van der Waals surface area contributed by atoms with Crippen molar-refractivity contribution < 1.29 is 23.5 Å². The second-order valence-corrected chi connectivity index (χ2v) is 6.15. The van der Waals surface area contributed by atoms with Gasteiger partial charge in [-0.1, -0.05) is 12.1 Å². The molecule has 0 bridgehead atoms. The molecule has 26 heavy (non-hydrogen) atoms. The van der Waals surface area contributed by atoms with E-state index >= 15 is 0 Å². The zero-order valence-corrected chi connectivity index (χ0v) is 14.5. The van der Waals surface area contributed by atoms with Crippen LogP contribution >= 0.6 is 0 Å². The molecule has 0 radical (unpaired) electrons. The fourth-order valence-electron chi connectivity index (χ4n) is 3.00. The third-order valence-corrected chi connectivity index (χ3v) is 4.33. The molecule has 2 aromatic carbocycles. The second-order valence-electron chi connectivity index (χ2n) is 6.15. The Morgan fingerprint density at radius 3 is 2.62 bits per heavy atom. The zero-order chi connectivity index (χ0) is 18.5. The van der Waals surface area contributed by atoms with Crippen molar-refractivity contribution in [2.45, 2.75) is 12.5 Å². The van der Waals surface area contributed by atoms with E-state index < -0.39 is 5.97 Å². The number of esters is 1. The molecule has 1 atom stereocenters. The van der Waals surface area contributed by atoms with Gasteiger partial charge < -0.3 is 14.4 Å². The number of carbonyl (C=O) groups excluding carboxylic acids is 2. The molecule has 5 nitrogen and oxygen atoms in total. The summed E-state index contributed by atoms with van der Waals surface area (Å²) in [5.74, 6) is -0.837. The van der Waals surface area contributed by atoms with Gasteiger partial charge in [0.05, 0.1) is 25.4 Å². The van der Waals surface area contributed by atoms with Gasteiger partial charge in [0.25, 0.3) is 5.91 Å². The van der Waals surface area contributed by atoms with Crippen LogP contribution in [0.15, 0.2) is 48.5 Å². The molecule has 6 heteroatoms. The summed E-state index contributed by atoms with van der Waals surface area (Å²) in [6, 6.07) is 12.8. The number of methoxy groups -OCH3 is 1. The molecule has 0 aliphatic carbocycles. The monoisotopic (exact) mass is 357 g/mol. The van der Waals surface area contributed by atoms with Crippen LogP contribution in [0.1, 0.15) is 26.3 Å². The molecule has 0 aromatic heterocycles. The van der Waals surface area contributed by atoms with E-state index in [0.717, 1.165) is 5.56 Å². The van der Waals surface area contributed by atoms with Gasteiger partial charge in [0, 0.05) is 25.1 Å². The van der Waals surface area contributed by atoms with Crippen molar-refractivity contribution in [1.29, 1.82) is 0 Å². The smallest absolute Gasteiger partial charge is 0.337 e. The van der Waals surface area contributed by atoms with Gasteiger partial charge in [-0.25, -0.2) is 9.18 Å². The zero-order valence-electron chi connectivity index (χ0n) is 14.5. The van der Waals surface area contributed by atoms with Crippen LogP contribution in [0.2, 0.25) is 0 Å². The minimum Gasteiger partial charge on any atom is -0.465 e. The first-order chi connectivity index (χ1) is 12.6. The van der Waals surface area contributed by atoms with E-state index in [0.29, 0.717) is 37.2 Å². The molecule has 136 valence electrons. The van der Waals surface area contributed by atoms with Crippen LogP contribution in [0, 0.1) is 5.82 Å². The highest BCUT2D eigenvalue weighted by molar-refractivity contribution is 5.96. The molecule has 0 saturated carbocycles. The molecular formula is C20H20FNO4. The Morgan fingerprint density at radius 1 is 1.19 bits per heavy atom. The fourth-order valence-corrected chi connectivity index (χ4v) is 3.00. The van der Waals surface area contributed by atoms with Crippen molar-refractivity contribution in [3.8, 4) is 0 Å². The lowest BCUT2D eigenvalue weighted by molar-refractivity contribution is -0.0208. The highest BCUT2D eigenvalue weighted by atomic mass is 19.1. The van der Waals surface area contributed by atoms with Gasteiger partial charge in [-0.15, -0.1) is 0 Å². The van der Waals surface area contributed by atoms with Gasteiger partial charge in [0.1, 0.15) is 5.82 Å².